The molecule has 90 valence electrons. The van der Waals surface area contributed by atoms with E-state index in [1.165, 1.54) is 12.1 Å². The predicted octanol–water partition coefficient (Wildman–Crippen LogP) is 2.48. The van der Waals surface area contributed by atoms with Gasteiger partial charge in [0.25, 0.3) is 0 Å². The summed E-state index contributed by atoms with van der Waals surface area (Å²) in [6.07, 6.45) is 6.13. The molecule has 0 saturated heterocycles. The zero-order valence-electron chi connectivity index (χ0n) is 10.3. The van der Waals surface area contributed by atoms with E-state index >= 15 is 0 Å². The monoisotopic (exact) mass is 222 g/mol. The second-order valence-corrected chi connectivity index (χ2v) is 4.70. The van der Waals surface area contributed by atoms with Gasteiger partial charge in [-0.2, -0.15) is 5.10 Å². The van der Waals surface area contributed by atoms with Crippen LogP contribution in [0.5, 0.6) is 0 Å². The van der Waals surface area contributed by atoms with Crippen molar-refractivity contribution in [3.63, 3.8) is 0 Å². The number of rotatable bonds is 3. The molecule has 0 aromatic carbocycles. The van der Waals surface area contributed by atoms with E-state index in [0.717, 1.165) is 37.8 Å². The summed E-state index contributed by atoms with van der Waals surface area (Å²) in [5.74, 6) is 0. The molecule has 0 unspecified atom stereocenters. The standard InChI is InChI=1S/C13H22N2O/c1-3-10-9-11(4-2)15(14-10)12-7-5-6-8-13(12)16/h9,12-13,16H,3-8H2,1-2H3/t12-,13-/m0/s1. The Hall–Kier alpha value is -0.830. The van der Waals surface area contributed by atoms with E-state index in [0.29, 0.717) is 0 Å². The number of hydrogen-bond acceptors (Lipinski definition) is 2. The summed E-state index contributed by atoms with van der Waals surface area (Å²) in [5.41, 5.74) is 2.41. The molecule has 1 aliphatic carbocycles. The van der Waals surface area contributed by atoms with E-state index in [4.69, 9.17) is 0 Å². The lowest BCUT2D eigenvalue weighted by Crippen LogP contribution is -2.29. The minimum Gasteiger partial charge on any atom is -0.391 e. The van der Waals surface area contributed by atoms with E-state index in [-0.39, 0.29) is 12.1 Å². The first-order valence-corrected chi connectivity index (χ1v) is 6.51. The molecule has 0 spiro atoms. The smallest absolute Gasteiger partial charge is 0.0781 e. The summed E-state index contributed by atoms with van der Waals surface area (Å²) in [6.45, 7) is 4.28. The van der Waals surface area contributed by atoms with Crippen LogP contribution in [0.1, 0.15) is 57.0 Å². The third-order valence-corrected chi connectivity index (χ3v) is 3.60. The van der Waals surface area contributed by atoms with Gasteiger partial charge in [-0.05, 0) is 31.7 Å². The Labute approximate surface area is 97.5 Å². The van der Waals surface area contributed by atoms with E-state index in [9.17, 15) is 5.11 Å². The minimum atomic E-state index is -0.205. The normalized spacial score (nSPS) is 25.9. The molecule has 1 N–H and O–H groups in total. The van der Waals surface area contributed by atoms with E-state index < -0.39 is 0 Å². The highest BCUT2D eigenvalue weighted by Crippen LogP contribution is 2.29. The van der Waals surface area contributed by atoms with Crippen LogP contribution < -0.4 is 0 Å². The Morgan fingerprint density at radius 1 is 1.31 bits per heavy atom. The number of nitrogens with zero attached hydrogens (tertiary/aromatic N) is 2. The number of aryl methyl sites for hydroxylation is 2. The SMILES string of the molecule is CCc1cc(CC)n([C@H]2CCCC[C@@H]2O)n1. The van der Waals surface area contributed by atoms with Crippen LogP contribution in [0.2, 0.25) is 0 Å². The summed E-state index contributed by atoms with van der Waals surface area (Å²) in [4.78, 5) is 0. The molecule has 1 fully saturated rings. The Morgan fingerprint density at radius 2 is 2.06 bits per heavy atom. The first kappa shape index (κ1) is 11.6. The summed E-state index contributed by atoms with van der Waals surface area (Å²) in [6, 6.07) is 2.39. The molecule has 1 aromatic rings. The van der Waals surface area contributed by atoms with Crippen LogP contribution in [0.25, 0.3) is 0 Å². The zero-order valence-corrected chi connectivity index (χ0v) is 10.3. The van der Waals surface area contributed by atoms with Crippen LogP contribution in [-0.2, 0) is 12.8 Å². The van der Waals surface area contributed by atoms with Gasteiger partial charge in [-0.15, -0.1) is 0 Å². The lowest BCUT2D eigenvalue weighted by molar-refractivity contribution is 0.0678. The van der Waals surface area contributed by atoms with Crippen molar-refractivity contribution < 1.29 is 5.11 Å². The van der Waals surface area contributed by atoms with Gasteiger partial charge in [0, 0.05) is 5.69 Å². The molecular formula is C13H22N2O. The summed E-state index contributed by atoms with van der Waals surface area (Å²) in [5, 5.41) is 14.7. The fraction of sp³-hybridized carbons (Fsp3) is 0.769. The number of aliphatic hydroxyl groups is 1. The Balaban J connectivity index is 2.26. The highest BCUT2D eigenvalue weighted by molar-refractivity contribution is 5.11. The number of hydrogen-bond donors (Lipinski definition) is 1. The Kier molecular flexibility index (Phi) is 3.64. The van der Waals surface area contributed by atoms with Crippen molar-refractivity contribution >= 4 is 0 Å². The van der Waals surface area contributed by atoms with Crippen LogP contribution in [0.3, 0.4) is 0 Å². The molecule has 2 atom stereocenters. The van der Waals surface area contributed by atoms with Crippen molar-refractivity contribution in [2.24, 2.45) is 0 Å². The van der Waals surface area contributed by atoms with Crippen LogP contribution >= 0.6 is 0 Å². The molecule has 0 amide bonds. The maximum absolute atomic E-state index is 10.1. The van der Waals surface area contributed by atoms with Crippen molar-refractivity contribution in [2.75, 3.05) is 0 Å². The first-order valence-electron chi connectivity index (χ1n) is 6.51. The molecule has 3 heteroatoms. The summed E-state index contributed by atoms with van der Waals surface area (Å²) < 4.78 is 2.09. The number of aliphatic hydroxyl groups excluding tert-OH is 1. The number of aromatic nitrogens is 2. The van der Waals surface area contributed by atoms with Crippen molar-refractivity contribution in [3.8, 4) is 0 Å². The highest BCUT2D eigenvalue weighted by atomic mass is 16.3. The molecular weight excluding hydrogens is 200 g/mol. The quantitative estimate of drug-likeness (QED) is 0.853. The van der Waals surface area contributed by atoms with Crippen LogP contribution in [0.4, 0.5) is 0 Å². The molecule has 0 aliphatic heterocycles. The summed E-state index contributed by atoms with van der Waals surface area (Å²) in [7, 11) is 0. The topological polar surface area (TPSA) is 38.0 Å². The average Bonchev–Trinajstić information content (AvgIpc) is 2.72. The average molecular weight is 222 g/mol. The van der Waals surface area contributed by atoms with Gasteiger partial charge in [0.05, 0.1) is 17.8 Å². The third kappa shape index (κ3) is 2.14. The lowest BCUT2D eigenvalue weighted by atomic mass is 9.92. The molecule has 1 heterocycles. The minimum absolute atomic E-state index is 0.205. The Bertz CT molecular complexity index is 346. The molecule has 1 aromatic heterocycles. The van der Waals surface area contributed by atoms with Gasteiger partial charge in [0.15, 0.2) is 0 Å². The van der Waals surface area contributed by atoms with Crippen molar-refractivity contribution in [1.29, 1.82) is 0 Å². The Morgan fingerprint density at radius 3 is 2.69 bits per heavy atom. The maximum atomic E-state index is 10.1. The van der Waals surface area contributed by atoms with E-state index in [2.05, 4.69) is 29.7 Å². The van der Waals surface area contributed by atoms with Gasteiger partial charge in [0.2, 0.25) is 0 Å². The first-order chi connectivity index (χ1) is 7.76. The molecule has 0 bridgehead atoms. The van der Waals surface area contributed by atoms with Crippen LogP contribution in [-0.4, -0.2) is 21.0 Å². The molecule has 16 heavy (non-hydrogen) atoms. The lowest BCUT2D eigenvalue weighted by Gasteiger charge is -2.29. The van der Waals surface area contributed by atoms with Gasteiger partial charge in [-0.1, -0.05) is 26.7 Å². The van der Waals surface area contributed by atoms with Crippen molar-refractivity contribution in [1.82, 2.24) is 9.78 Å². The summed E-state index contributed by atoms with van der Waals surface area (Å²) >= 11 is 0. The largest absolute Gasteiger partial charge is 0.391 e. The van der Waals surface area contributed by atoms with Gasteiger partial charge < -0.3 is 5.11 Å². The van der Waals surface area contributed by atoms with Crippen LogP contribution in [0.15, 0.2) is 6.07 Å². The fourth-order valence-electron chi connectivity index (χ4n) is 2.59. The fourth-order valence-corrected chi connectivity index (χ4v) is 2.59. The van der Waals surface area contributed by atoms with Gasteiger partial charge in [-0.3, -0.25) is 4.68 Å². The van der Waals surface area contributed by atoms with Crippen LogP contribution in [0, 0.1) is 0 Å². The molecule has 3 nitrogen and oxygen atoms in total. The third-order valence-electron chi connectivity index (χ3n) is 3.60. The van der Waals surface area contributed by atoms with Crippen molar-refractivity contribution in [3.05, 3.63) is 17.5 Å². The van der Waals surface area contributed by atoms with E-state index in [1.807, 2.05) is 0 Å². The molecule has 1 saturated carbocycles. The predicted molar refractivity (Wildman–Crippen MR) is 64.5 cm³/mol. The van der Waals surface area contributed by atoms with E-state index in [1.54, 1.807) is 0 Å². The van der Waals surface area contributed by atoms with Crippen molar-refractivity contribution in [2.45, 2.75) is 64.5 Å². The van der Waals surface area contributed by atoms with Gasteiger partial charge in [0.1, 0.15) is 0 Å². The second kappa shape index (κ2) is 5.00. The van der Waals surface area contributed by atoms with Gasteiger partial charge in [-0.25, -0.2) is 0 Å². The van der Waals surface area contributed by atoms with Gasteiger partial charge >= 0.3 is 0 Å². The molecule has 1 aliphatic rings. The molecule has 2 rings (SSSR count). The highest BCUT2D eigenvalue weighted by Gasteiger charge is 2.26. The molecule has 0 radical (unpaired) electrons. The zero-order chi connectivity index (χ0) is 11.5. The maximum Gasteiger partial charge on any atom is 0.0781 e. The second-order valence-electron chi connectivity index (χ2n) is 4.70.